The quantitative estimate of drug-likeness (QED) is 0.500. The van der Waals surface area contributed by atoms with E-state index < -0.39 is 0 Å². The Morgan fingerprint density at radius 1 is 1.10 bits per heavy atom. The van der Waals surface area contributed by atoms with Gasteiger partial charge in [-0.1, -0.05) is 36.4 Å². The predicted molar refractivity (Wildman–Crippen MR) is 116 cm³/mol. The number of carbonyl (C=O) groups excluding carboxylic acids is 1. The van der Waals surface area contributed by atoms with Gasteiger partial charge in [-0.2, -0.15) is 5.10 Å². The van der Waals surface area contributed by atoms with Crippen molar-refractivity contribution in [1.29, 1.82) is 0 Å². The molecule has 0 radical (unpaired) electrons. The van der Waals surface area contributed by atoms with Crippen molar-refractivity contribution in [3.05, 3.63) is 78.5 Å². The maximum Gasteiger partial charge on any atom is 0.158 e. The first-order valence-electron chi connectivity index (χ1n) is 10.2. The smallest absolute Gasteiger partial charge is 0.158 e. The molecule has 0 aliphatic heterocycles. The van der Waals surface area contributed by atoms with E-state index in [2.05, 4.69) is 28.5 Å². The third-order valence-corrected chi connectivity index (χ3v) is 5.67. The highest BCUT2D eigenvalue weighted by Crippen LogP contribution is 2.50. The molecule has 1 aliphatic carbocycles. The van der Waals surface area contributed by atoms with Gasteiger partial charge in [0, 0.05) is 29.8 Å². The zero-order valence-electron chi connectivity index (χ0n) is 16.9. The maximum atomic E-state index is 11.8. The third kappa shape index (κ3) is 3.45. The molecule has 3 heterocycles. The van der Waals surface area contributed by atoms with Crippen molar-refractivity contribution in [3.63, 3.8) is 0 Å². The summed E-state index contributed by atoms with van der Waals surface area (Å²) in [5, 5.41) is 8.30. The van der Waals surface area contributed by atoms with Crippen molar-refractivity contribution in [2.45, 2.75) is 38.1 Å². The molecule has 0 unspecified atom stereocenters. The SMILES string of the molecule is CC(=O)CC1(c2nc(NCc3ccccn3)c3c(-c4ccccc4)ccn3n2)CC1. The Balaban J connectivity index is 1.61. The summed E-state index contributed by atoms with van der Waals surface area (Å²) in [6.07, 6.45) is 6.15. The van der Waals surface area contributed by atoms with Crippen LogP contribution in [0.25, 0.3) is 16.6 Å². The molecule has 6 nitrogen and oxygen atoms in total. The molecule has 1 N–H and O–H groups in total. The summed E-state index contributed by atoms with van der Waals surface area (Å²) in [7, 11) is 0. The molecule has 30 heavy (non-hydrogen) atoms. The van der Waals surface area contributed by atoms with Crippen molar-refractivity contribution in [2.75, 3.05) is 5.32 Å². The lowest BCUT2D eigenvalue weighted by Crippen LogP contribution is -2.19. The molecule has 1 aliphatic rings. The fourth-order valence-corrected chi connectivity index (χ4v) is 4.01. The van der Waals surface area contributed by atoms with Crippen LogP contribution in [0.5, 0.6) is 0 Å². The minimum absolute atomic E-state index is 0.177. The molecule has 0 bridgehead atoms. The number of nitrogens with one attached hydrogen (secondary N) is 1. The molecule has 0 saturated heterocycles. The Bertz CT molecular complexity index is 1200. The Kier molecular flexibility index (Phi) is 4.54. The number of carbonyl (C=O) groups is 1. The Labute approximate surface area is 175 Å². The summed E-state index contributed by atoms with van der Waals surface area (Å²) in [6, 6.07) is 18.2. The highest BCUT2D eigenvalue weighted by atomic mass is 16.1. The van der Waals surface area contributed by atoms with Crippen molar-refractivity contribution >= 4 is 17.1 Å². The number of hydrogen-bond donors (Lipinski definition) is 1. The Morgan fingerprint density at radius 2 is 1.90 bits per heavy atom. The summed E-state index contributed by atoms with van der Waals surface area (Å²) in [5.74, 6) is 1.69. The Morgan fingerprint density at radius 3 is 2.60 bits per heavy atom. The summed E-state index contributed by atoms with van der Waals surface area (Å²) >= 11 is 0. The highest BCUT2D eigenvalue weighted by Gasteiger charge is 2.48. The van der Waals surface area contributed by atoms with E-state index in [9.17, 15) is 4.79 Å². The van der Waals surface area contributed by atoms with Crippen LogP contribution < -0.4 is 5.32 Å². The molecule has 1 aromatic carbocycles. The normalized spacial score (nSPS) is 14.6. The van der Waals surface area contributed by atoms with Crippen molar-refractivity contribution in [3.8, 4) is 11.1 Å². The van der Waals surface area contributed by atoms with E-state index in [0.29, 0.717) is 13.0 Å². The number of ketones is 1. The minimum Gasteiger partial charge on any atom is -0.363 e. The van der Waals surface area contributed by atoms with Crippen LogP contribution in [0.4, 0.5) is 5.82 Å². The van der Waals surface area contributed by atoms with Gasteiger partial charge in [0.15, 0.2) is 11.6 Å². The summed E-state index contributed by atoms with van der Waals surface area (Å²) in [6.45, 7) is 2.20. The van der Waals surface area contributed by atoms with Crippen molar-refractivity contribution in [2.24, 2.45) is 0 Å². The number of rotatable bonds is 7. The topological polar surface area (TPSA) is 72.2 Å². The predicted octanol–water partition coefficient (Wildman–Crippen LogP) is 4.41. The molecule has 1 fully saturated rings. The van der Waals surface area contributed by atoms with E-state index in [1.807, 2.05) is 47.1 Å². The van der Waals surface area contributed by atoms with Gasteiger partial charge in [0.1, 0.15) is 11.3 Å². The molecule has 0 atom stereocenters. The van der Waals surface area contributed by atoms with Crippen LogP contribution in [0.2, 0.25) is 0 Å². The minimum atomic E-state index is -0.224. The van der Waals surface area contributed by atoms with Gasteiger partial charge >= 0.3 is 0 Å². The number of aromatic nitrogens is 4. The largest absolute Gasteiger partial charge is 0.363 e. The summed E-state index contributed by atoms with van der Waals surface area (Å²) in [5.41, 5.74) is 3.83. The average molecular weight is 397 g/mol. The molecule has 6 heteroatoms. The van der Waals surface area contributed by atoms with Gasteiger partial charge < -0.3 is 5.32 Å². The molecule has 0 spiro atoms. The summed E-state index contributed by atoms with van der Waals surface area (Å²) in [4.78, 5) is 21.2. The molecule has 0 amide bonds. The standard InChI is InChI=1S/C24H23N5O/c1-17(30)15-24(11-12-24)23-27-22(26-16-19-9-5-6-13-25-19)21-20(10-14-29(21)28-23)18-7-3-2-4-8-18/h2-10,13-14H,11-12,15-16H2,1H3,(H,26,27,28). The highest BCUT2D eigenvalue weighted by molar-refractivity contribution is 5.88. The van der Waals surface area contributed by atoms with Gasteiger partial charge in [0.25, 0.3) is 0 Å². The molecule has 5 rings (SSSR count). The monoisotopic (exact) mass is 397 g/mol. The van der Waals surface area contributed by atoms with Crippen LogP contribution in [-0.4, -0.2) is 25.4 Å². The fourth-order valence-electron chi connectivity index (χ4n) is 4.01. The zero-order chi connectivity index (χ0) is 20.6. The van der Waals surface area contributed by atoms with E-state index in [0.717, 1.165) is 46.8 Å². The number of hydrogen-bond acceptors (Lipinski definition) is 5. The number of anilines is 1. The van der Waals surface area contributed by atoms with Gasteiger partial charge in [0.05, 0.1) is 12.2 Å². The number of pyridine rings is 1. The summed E-state index contributed by atoms with van der Waals surface area (Å²) < 4.78 is 1.89. The van der Waals surface area contributed by atoms with E-state index in [1.165, 1.54) is 0 Å². The van der Waals surface area contributed by atoms with Crippen LogP contribution >= 0.6 is 0 Å². The first-order valence-corrected chi connectivity index (χ1v) is 10.2. The molecule has 4 aromatic rings. The number of Topliss-reactive ketones (excluding diaryl/α,β-unsaturated/α-hetero) is 1. The van der Waals surface area contributed by atoms with Crippen LogP contribution in [-0.2, 0) is 16.8 Å². The first-order chi connectivity index (χ1) is 14.6. The van der Waals surface area contributed by atoms with Gasteiger partial charge in [0.2, 0.25) is 0 Å². The lowest BCUT2D eigenvalue weighted by molar-refractivity contribution is -0.117. The molecule has 1 saturated carbocycles. The van der Waals surface area contributed by atoms with Gasteiger partial charge in [-0.3, -0.25) is 9.78 Å². The molecular weight excluding hydrogens is 374 g/mol. The number of nitrogens with zero attached hydrogens (tertiary/aromatic N) is 4. The van der Waals surface area contributed by atoms with Crippen molar-refractivity contribution in [1.82, 2.24) is 19.6 Å². The second-order valence-corrected chi connectivity index (χ2v) is 8.01. The van der Waals surface area contributed by atoms with Gasteiger partial charge in [-0.05, 0) is 43.5 Å². The third-order valence-electron chi connectivity index (χ3n) is 5.67. The first kappa shape index (κ1) is 18.5. The van der Waals surface area contributed by atoms with Crippen LogP contribution in [0.1, 0.15) is 37.7 Å². The average Bonchev–Trinajstić information content (AvgIpc) is 3.41. The number of fused-ring (bicyclic) bond motifs is 1. The second kappa shape index (κ2) is 7.37. The van der Waals surface area contributed by atoms with E-state index in [4.69, 9.17) is 10.1 Å². The number of benzene rings is 1. The van der Waals surface area contributed by atoms with E-state index in [1.54, 1.807) is 13.1 Å². The van der Waals surface area contributed by atoms with E-state index >= 15 is 0 Å². The van der Waals surface area contributed by atoms with Crippen LogP contribution in [0.15, 0.2) is 67.0 Å². The van der Waals surface area contributed by atoms with E-state index in [-0.39, 0.29) is 11.2 Å². The van der Waals surface area contributed by atoms with Crippen LogP contribution in [0.3, 0.4) is 0 Å². The maximum absolute atomic E-state index is 11.8. The lowest BCUT2D eigenvalue weighted by atomic mass is 9.99. The Hall–Kier alpha value is -3.54. The zero-order valence-corrected chi connectivity index (χ0v) is 16.9. The van der Waals surface area contributed by atoms with Gasteiger partial charge in [-0.25, -0.2) is 9.50 Å². The second-order valence-electron chi connectivity index (χ2n) is 8.01. The lowest BCUT2D eigenvalue weighted by Gasteiger charge is -2.16. The molecule has 150 valence electrons. The fraction of sp³-hybridized carbons (Fsp3) is 0.250. The van der Waals surface area contributed by atoms with Gasteiger partial charge in [-0.15, -0.1) is 0 Å². The van der Waals surface area contributed by atoms with Crippen molar-refractivity contribution < 1.29 is 4.79 Å². The molecule has 3 aromatic heterocycles. The van der Waals surface area contributed by atoms with Crippen LogP contribution in [0, 0.1) is 0 Å². The molecular formula is C24H23N5O.